The summed E-state index contributed by atoms with van der Waals surface area (Å²) in [5.41, 5.74) is 0.513. The van der Waals surface area contributed by atoms with Gasteiger partial charge in [0.2, 0.25) is 0 Å². The first kappa shape index (κ1) is 15.7. The van der Waals surface area contributed by atoms with E-state index in [-0.39, 0.29) is 16.5 Å². The van der Waals surface area contributed by atoms with Crippen LogP contribution < -0.4 is 4.72 Å². The van der Waals surface area contributed by atoms with Gasteiger partial charge in [-0.15, -0.1) is 0 Å². The van der Waals surface area contributed by atoms with E-state index >= 15 is 0 Å². The zero-order valence-electron chi connectivity index (χ0n) is 11.9. The van der Waals surface area contributed by atoms with E-state index in [0.717, 1.165) is 0 Å². The largest absolute Gasteiger partial charge is 0.505 e. The number of nitrogens with zero attached hydrogens (tertiary/aromatic N) is 2. The molecular formula is C13H16ClN3O3S. The number of phenols is 1. The van der Waals surface area contributed by atoms with Crippen LogP contribution in [0.4, 0.5) is 5.69 Å². The van der Waals surface area contributed by atoms with E-state index in [1.165, 1.54) is 12.3 Å². The third kappa shape index (κ3) is 3.14. The fourth-order valence-corrected chi connectivity index (χ4v) is 3.28. The molecule has 1 heterocycles. The number of anilines is 1. The van der Waals surface area contributed by atoms with Gasteiger partial charge in [0, 0.05) is 17.8 Å². The Hall–Kier alpha value is -1.73. The Kier molecular flexibility index (Phi) is 4.15. The van der Waals surface area contributed by atoms with Gasteiger partial charge in [-0.1, -0.05) is 11.6 Å². The number of aryl methyl sites for hydroxylation is 3. The number of phenolic OH excluding ortho intramolecular Hbond substituents is 1. The molecule has 0 spiro atoms. The monoisotopic (exact) mass is 329 g/mol. The Balaban J connectivity index is 2.42. The summed E-state index contributed by atoms with van der Waals surface area (Å²) < 4.78 is 28.7. The van der Waals surface area contributed by atoms with E-state index in [1.54, 1.807) is 24.5 Å². The standard InChI is InChI=1S/C13H16ClN3O3S/c1-4-17-7-12(15-9(17)3)21(19,20)16-11-6-10(14)5-8(2)13(11)18/h5-7,16,18H,4H2,1-3H3. The molecule has 8 heteroatoms. The number of benzene rings is 1. The molecule has 0 atom stereocenters. The highest BCUT2D eigenvalue weighted by Crippen LogP contribution is 2.32. The normalized spacial score (nSPS) is 11.6. The highest BCUT2D eigenvalue weighted by atomic mass is 35.5. The van der Waals surface area contributed by atoms with Crippen molar-refractivity contribution in [1.82, 2.24) is 9.55 Å². The van der Waals surface area contributed by atoms with E-state index in [2.05, 4.69) is 9.71 Å². The van der Waals surface area contributed by atoms with Crippen LogP contribution in [-0.2, 0) is 16.6 Å². The number of sulfonamides is 1. The zero-order chi connectivity index (χ0) is 15.8. The molecule has 114 valence electrons. The van der Waals surface area contributed by atoms with Crippen LogP contribution in [-0.4, -0.2) is 23.1 Å². The van der Waals surface area contributed by atoms with Crippen molar-refractivity contribution in [2.24, 2.45) is 0 Å². The lowest BCUT2D eigenvalue weighted by Crippen LogP contribution is -2.13. The minimum absolute atomic E-state index is 0.0312. The molecule has 0 saturated heterocycles. The summed E-state index contributed by atoms with van der Waals surface area (Å²) in [6, 6.07) is 2.90. The maximum atomic E-state index is 12.3. The van der Waals surface area contributed by atoms with Crippen LogP contribution in [0.15, 0.2) is 23.4 Å². The van der Waals surface area contributed by atoms with Crippen LogP contribution in [0.3, 0.4) is 0 Å². The number of aromatic nitrogens is 2. The summed E-state index contributed by atoms with van der Waals surface area (Å²) in [7, 11) is -3.88. The number of nitrogens with one attached hydrogen (secondary N) is 1. The summed E-state index contributed by atoms with van der Waals surface area (Å²) in [5.74, 6) is 0.444. The van der Waals surface area contributed by atoms with Gasteiger partial charge < -0.3 is 9.67 Å². The average molecular weight is 330 g/mol. The van der Waals surface area contributed by atoms with Gasteiger partial charge in [0.1, 0.15) is 11.6 Å². The van der Waals surface area contributed by atoms with Gasteiger partial charge in [0.25, 0.3) is 10.0 Å². The average Bonchev–Trinajstić information content (AvgIpc) is 2.77. The first-order chi connectivity index (χ1) is 9.74. The molecule has 21 heavy (non-hydrogen) atoms. The van der Waals surface area contributed by atoms with E-state index < -0.39 is 10.0 Å². The molecule has 0 amide bonds. The predicted octanol–water partition coefficient (Wildman–Crippen LogP) is 2.68. The molecule has 0 unspecified atom stereocenters. The third-order valence-corrected chi connectivity index (χ3v) is 4.53. The van der Waals surface area contributed by atoms with Gasteiger partial charge in [0.05, 0.1) is 5.69 Å². The van der Waals surface area contributed by atoms with Crippen molar-refractivity contribution in [3.63, 3.8) is 0 Å². The second kappa shape index (κ2) is 5.57. The Morgan fingerprint density at radius 1 is 1.38 bits per heavy atom. The van der Waals surface area contributed by atoms with Gasteiger partial charge >= 0.3 is 0 Å². The van der Waals surface area contributed by atoms with Crippen molar-refractivity contribution in [2.75, 3.05) is 4.72 Å². The highest BCUT2D eigenvalue weighted by molar-refractivity contribution is 7.92. The molecule has 0 bridgehead atoms. The first-order valence-corrected chi connectivity index (χ1v) is 8.16. The Morgan fingerprint density at radius 3 is 2.62 bits per heavy atom. The van der Waals surface area contributed by atoms with Gasteiger partial charge in [-0.2, -0.15) is 8.42 Å². The van der Waals surface area contributed by atoms with Crippen LogP contribution in [0.1, 0.15) is 18.3 Å². The molecule has 0 radical (unpaired) electrons. The summed E-state index contributed by atoms with van der Waals surface area (Å²) >= 11 is 5.88. The van der Waals surface area contributed by atoms with E-state index in [9.17, 15) is 13.5 Å². The molecule has 2 aromatic rings. The molecule has 2 rings (SSSR count). The predicted molar refractivity (Wildman–Crippen MR) is 81.3 cm³/mol. The minimum atomic E-state index is -3.88. The Bertz CT molecular complexity index is 784. The van der Waals surface area contributed by atoms with Crippen molar-refractivity contribution in [1.29, 1.82) is 0 Å². The fraction of sp³-hybridized carbons (Fsp3) is 0.308. The Labute approximate surface area is 128 Å². The van der Waals surface area contributed by atoms with Crippen LogP contribution >= 0.6 is 11.6 Å². The summed E-state index contributed by atoms with van der Waals surface area (Å²) in [6.07, 6.45) is 1.45. The Morgan fingerprint density at radius 2 is 2.05 bits per heavy atom. The molecule has 0 fully saturated rings. The smallest absolute Gasteiger partial charge is 0.281 e. The summed E-state index contributed by atoms with van der Waals surface area (Å²) in [4.78, 5) is 4.02. The lowest BCUT2D eigenvalue weighted by Gasteiger charge is -2.10. The van der Waals surface area contributed by atoms with Crippen LogP contribution in [0.2, 0.25) is 5.02 Å². The van der Waals surface area contributed by atoms with Gasteiger partial charge in [-0.3, -0.25) is 4.72 Å². The van der Waals surface area contributed by atoms with Crippen LogP contribution in [0, 0.1) is 13.8 Å². The zero-order valence-corrected chi connectivity index (χ0v) is 13.5. The third-order valence-electron chi connectivity index (χ3n) is 3.08. The van der Waals surface area contributed by atoms with Gasteiger partial charge in [-0.05, 0) is 38.5 Å². The SMILES string of the molecule is CCn1cc(S(=O)(=O)Nc2cc(Cl)cc(C)c2O)nc1C. The second-order valence-corrected chi connectivity index (χ2v) is 6.70. The lowest BCUT2D eigenvalue weighted by molar-refractivity contribution is 0.473. The maximum Gasteiger partial charge on any atom is 0.281 e. The topological polar surface area (TPSA) is 84.2 Å². The lowest BCUT2D eigenvalue weighted by atomic mass is 10.2. The van der Waals surface area contributed by atoms with Crippen molar-refractivity contribution < 1.29 is 13.5 Å². The molecule has 0 aliphatic carbocycles. The molecular weight excluding hydrogens is 314 g/mol. The molecule has 0 saturated carbocycles. The number of hydrogen-bond acceptors (Lipinski definition) is 4. The van der Waals surface area contributed by atoms with E-state index in [4.69, 9.17) is 11.6 Å². The summed E-state index contributed by atoms with van der Waals surface area (Å²) in [6.45, 7) is 5.87. The van der Waals surface area contributed by atoms with Gasteiger partial charge in [0.15, 0.2) is 5.03 Å². The van der Waals surface area contributed by atoms with Crippen molar-refractivity contribution in [3.05, 3.63) is 34.7 Å². The van der Waals surface area contributed by atoms with Crippen molar-refractivity contribution in [2.45, 2.75) is 32.3 Å². The van der Waals surface area contributed by atoms with Crippen LogP contribution in [0.5, 0.6) is 5.75 Å². The number of aromatic hydroxyl groups is 1. The minimum Gasteiger partial charge on any atom is -0.505 e. The molecule has 6 nitrogen and oxygen atoms in total. The van der Waals surface area contributed by atoms with E-state index in [0.29, 0.717) is 23.0 Å². The quantitative estimate of drug-likeness (QED) is 0.845. The summed E-state index contributed by atoms with van der Waals surface area (Å²) in [5, 5.41) is 10.2. The molecule has 2 N–H and O–H groups in total. The number of halogens is 1. The van der Waals surface area contributed by atoms with Gasteiger partial charge in [-0.25, -0.2) is 4.98 Å². The first-order valence-electron chi connectivity index (χ1n) is 6.30. The molecule has 0 aliphatic heterocycles. The van der Waals surface area contributed by atoms with E-state index in [1.807, 2.05) is 6.92 Å². The molecule has 1 aromatic heterocycles. The van der Waals surface area contributed by atoms with Crippen LogP contribution in [0.25, 0.3) is 0 Å². The van der Waals surface area contributed by atoms with Crippen molar-refractivity contribution in [3.8, 4) is 5.75 Å². The highest BCUT2D eigenvalue weighted by Gasteiger charge is 2.21. The second-order valence-electron chi connectivity index (χ2n) is 4.64. The maximum absolute atomic E-state index is 12.3. The number of imidazole rings is 1. The van der Waals surface area contributed by atoms with Crippen molar-refractivity contribution >= 4 is 27.3 Å². The molecule has 0 aliphatic rings. The number of hydrogen-bond donors (Lipinski definition) is 2. The number of rotatable bonds is 4. The fourth-order valence-electron chi connectivity index (χ4n) is 1.94. The molecule has 1 aromatic carbocycles.